The third-order valence-electron chi connectivity index (χ3n) is 5.56. The molecule has 9 heteroatoms. The van der Waals surface area contributed by atoms with Crippen LogP contribution in [-0.2, 0) is 12.8 Å². The highest BCUT2D eigenvalue weighted by molar-refractivity contribution is 5.96. The Morgan fingerprint density at radius 2 is 1.71 bits per heavy atom. The molecular weight excluding hydrogens is 457 g/mol. The number of halogens is 5. The highest BCUT2D eigenvalue weighted by Gasteiger charge is 2.33. The van der Waals surface area contributed by atoms with E-state index in [9.17, 15) is 31.9 Å². The molecule has 0 amide bonds. The van der Waals surface area contributed by atoms with Crippen LogP contribution >= 0.6 is 0 Å². The summed E-state index contributed by atoms with van der Waals surface area (Å²) >= 11 is 0. The van der Waals surface area contributed by atoms with Crippen molar-refractivity contribution in [2.24, 2.45) is 0 Å². The molecule has 1 N–H and O–H groups in total. The van der Waals surface area contributed by atoms with Gasteiger partial charge in [-0.05, 0) is 71.9 Å². The van der Waals surface area contributed by atoms with Gasteiger partial charge in [-0.2, -0.15) is 13.2 Å². The van der Waals surface area contributed by atoms with Crippen LogP contribution in [-0.4, -0.2) is 16.1 Å². The minimum Gasteiger partial charge on any atom is -0.478 e. The zero-order chi connectivity index (χ0) is 24.5. The highest BCUT2D eigenvalue weighted by Crippen LogP contribution is 2.44. The van der Waals surface area contributed by atoms with Gasteiger partial charge in [-0.3, -0.25) is 0 Å². The van der Waals surface area contributed by atoms with E-state index in [1.165, 1.54) is 36.4 Å². The second-order valence-corrected chi connectivity index (χ2v) is 7.80. The van der Waals surface area contributed by atoms with Gasteiger partial charge in [0, 0.05) is 11.8 Å². The number of carbonyl (C=O) groups is 1. The summed E-state index contributed by atoms with van der Waals surface area (Å²) in [5.74, 6) is -2.81. The Kier molecular flexibility index (Phi) is 6.37. The zero-order valence-electron chi connectivity index (χ0n) is 17.6. The lowest BCUT2D eigenvalue weighted by atomic mass is 9.95. The van der Waals surface area contributed by atoms with Gasteiger partial charge in [0.25, 0.3) is 0 Å². The average Bonchev–Trinajstić information content (AvgIpc) is 3.28. The van der Waals surface area contributed by atoms with E-state index in [2.05, 4.69) is 4.98 Å². The summed E-state index contributed by atoms with van der Waals surface area (Å²) in [7, 11) is 0. The molecule has 0 fully saturated rings. The van der Waals surface area contributed by atoms with E-state index >= 15 is 0 Å². The van der Waals surface area contributed by atoms with Gasteiger partial charge in [-0.25, -0.2) is 18.6 Å². The molecule has 176 valence electrons. The number of pyridine rings is 1. The van der Waals surface area contributed by atoms with Crippen LogP contribution in [0.5, 0.6) is 5.88 Å². The first-order chi connectivity index (χ1) is 16.1. The quantitative estimate of drug-likeness (QED) is 0.401. The summed E-state index contributed by atoms with van der Waals surface area (Å²) in [6.45, 7) is -0.0477. The van der Waals surface area contributed by atoms with Crippen LogP contribution in [0.2, 0.25) is 0 Å². The number of aromatic carboxylic acids is 1. The molecule has 34 heavy (non-hydrogen) atoms. The molecule has 0 bridgehead atoms. The van der Waals surface area contributed by atoms with Gasteiger partial charge < -0.3 is 9.84 Å². The molecule has 0 atom stereocenters. The molecule has 1 heterocycles. The van der Waals surface area contributed by atoms with Gasteiger partial charge in [0.1, 0.15) is 18.2 Å². The van der Waals surface area contributed by atoms with E-state index in [1.807, 2.05) is 0 Å². The third kappa shape index (κ3) is 4.93. The van der Waals surface area contributed by atoms with Crippen LogP contribution in [0.4, 0.5) is 22.0 Å². The van der Waals surface area contributed by atoms with Crippen molar-refractivity contribution in [3.05, 3.63) is 94.2 Å². The monoisotopic (exact) mass is 475 g/mol. The number of carboxylic acids is 1. The van der Waals surface area contributed by atoms with Crippen molar-refractivity contribution in [2.45, 2.75) is 32.0 Å². The maximum Gasteiger partial charge on any atom is 0.417 e. The molecule has 0 aliphatic heterocycles. The fourth-order valence-corrected chi connectivity index (χ4v) is 3.91. The number of rotatable bonds is 6. The molecule has 4 rings (SSSR count). The first-order valence-electron chi connectivity index (χ1n) is 10.3. The van der Waals surface area contributed by atoms with E-state index in [0.717, 1.165) is 12.1 Å². The predicted octanol–water partition coefficient (Wildman–Crippen LogP) is 6.75. The van der Waals surface area contributed by atoms with Crippen LogP contribution in [0.1, 0.15) is 51.9 Å². The van der Waals surface area contributed by atoms with Crippen molar-refractivity contribution in [3.8, 4) is 5.88 Å². The third-order valence-corrected chi connectivity index (χ3v) is 5.56. The van der Waals surface area contributed by atoms with Crippen molar-refractivity contribution in [1.82, 2.24) is 4.98 Å². The van der Waals surface area contributed by atoms with E-state index < -0.39 is 34.9 Å². The Bertz CT molecular complexity index is 1270. The summed E-state index contributed by atoms with van der Waals surface area (Å²) in [5.41, 5.74) is 0.788. The number of nitrogens with zero attached hydrogens (tertiary/aromatic N) is 1. The summed E-state index contributed by atoms with van der Waals surface area (Å²) in [6, 6.07) is 10.0. The minimum atomic E-state index is -4.64. The summed E-state index contributed by atoms with van der Waals surface area (Å²) in [5, 5.41) is 9.25. The zero-order valence-corrected chi connectivity index (χ0v) is 17.6. The number of alkyl halides is 3. The van der Waals surface area contributed by atoms with Crippen LogP contribution < -0.4 is 4.74 Å². The van der Waals surface area contributed by atoms with Gasteiger partial charge in [-0.15, -0.1) is 0 Å². The number of benzene rings is 2. The summed E-state index contributed by atoms with van der Waals surface area (Å²) in [6.07, 6.45) is -2.47. The number of carboxylic acid groups (broad SMARTS) is 1. The van der Waals surface area contributed by atoms with Crippen LogP contribution in [0.15, 0.2) is 54.7 Å². The standard InChI is InChI=1S/C25H18F5NO3/c26-17-7-4-14(5-8-17)13-34-23-20(11-16(12-31-23)25(28,29)30)19-3-1-2-18(19)15-6-9-22(27)21(10-15)24(32)33/h4-12H,1-3,13H2,(H,32,33). The Hall–Kier alpha value is -3.75. The van der Waals surface area contributed by atoms with Crippen molar-refractivity contribution < 1.29 is 36.6 Å². The molecule has 2 aromatic carbocycles. The Balaban J connectivity index is 1.79. The second-order valence-electron chi connectivity index (χ2n) is 7.80. The first-order valence-corrected chi connectivity index (χ1v) is 10.3. The van der Waals surface area contributed by atoms with Gasteiger partial charge >= 0.3 is 12.1 Å². The molecule has 1 aliphatic carbocycles. The molecule has 0 saturated heterocycles. The Morgan fingerprint density at radius 3 is 2.38 bits per heavy atom. The fraction of sp³-hybridized carbons (Fsp3) is 0.200. The smallest absolute Gasteiger partial charge is 0.417 e. The van der Waals surface area contributed by atoms with E-state index in [0.29, 0.717) is 47.7 Å². The molecular formula is C25H18F5NO3. The number of aromatic nitrogens is 1. The maximum atomic E-state index is 13.9. The lowest BCUT2D eigenvalue weighted by Gasteiger charge is -2.16. The van der Waals surface area contributed by atoms with E-state index in [1.54, 1.807) is 0 Å². The minimum absolute atomic E-state index is 0.0349. The predicted molar refractivity (Wildman–Crippen MR) is 114 cm³/mol. The van der Waals surface area contributed by atoms with Gasteiger partial charge in [0.15, 0.2) is 0 Å². The Morgan fingerprint density at radius 1 is 1.00 bits per heavy atom. The van der Waals surface area contributed by atoms with Crippen molar-refractivity contribution in [1.29, 1.82) is 0 Å². The van der Waals surface area contributed by atoms with Crippen LogP contribution in [0.25, 0.3) is 11.1 Å². The van der Waals surface area contributed by atoms with Crippen molar-refractivity contribution in [2.75, 3.05) is 0 Å². The van der Waals surface area contributed by atoms with E-state index in [-0.39, 0.29) is 18.1 Å². The average molecular weight is 475 g/mol. The highest BCUT2D eigenvalue weighted by atomic mass is 19.4. The van der Waals surface area contributed by atoms with Gasteiger partial charge in [0.2, 0.25) is 5.88 Å². The Labute approximate surface area is 191 Å². The van der Waals surface area contributed by atoms with Gasteiger partial charge in [-0.1, -0.05) is 18.2 Å². The first kappa shape index (κ1) is 23.4. The SMILES string of the molecule is O=C(O)c1cc(C2=C(c3cc(C(F)(F)F)cnc3OCc3ccc(F)cc3)CCC2)ccc1F. The second kappa shape index (κ2) is 9.24. The number of allylic oxidation sites excluding steroid dienone is 2. The molecule has 1 aliphatic rings. The largest absolute Gasteiger partial charge is 0.478 e. The molecule has 0 unspecified atom stereocenters. The van der Waals surface area contributed by atoms with Crippen LogP contribution in [0, 0.1) is 11.6 Å². The van der Waals surface area contributed by atoms with Gasteiger partial charge in [0.05, 0.1) is 11.1 Å². The lowest BCUT2D eigenvalue weighted by molar-refractivity contribution is -0.137. The molecule has 0 spiro atoms. The summed E-state index contributed by atoms with van der Waals surface area (Å²) in [4.78, 5) is 15.3. The fourth-order valence-electron chi connectivity index (χ4n) is 3.91. The van der Waals surface area contributed by atoms with Crippen molar-refractivity contribution in [3.63, 3.8) is 0 Å². The topological polar surface area (TPSA) is 59.4 Å². The number of ether oxygens (including phenoxy) is 1. The van der Waals surface area contributed by atoms with E-state index in [4.69, 9.17) is 4.74 Å². The molecule has 0 saturated carbocycles. The molecule has 3 aromatic rings. The number of hydrogen-bond acceptors (Lipinski definition) is 3. The normalized spacial score (nSPS) is 13.9. The summed E-state index contributed by atoms with van der Waals surface area (Å²) < 4.78 is 73.1. The van der Waals surface area contributed by atoms with Crippen LogP contribution in [0.3, 0.4) is 0 Å². The maximum absolute atomic E-state index is 13.9. The molecule has 0 radical (unpaired) electrons. The van der Waals surface area contributed by atoms with Crippen molar-refractivity contribution >= 4 is 17.1 Å². The molecule has 4 nitrogen and oxygen atoms in total. The number of hydrogen-bond donors (Lipinski definition) is 1. The molecule has 1 aromatic heterocycles. The lowest BCUT2D eigenvalue weighted by Crippen LogP contribution is -2.09.